The van der Waals surface area contributed by atoms with Crippen molar-refractivity contribution in [3.63, 3.8) is 0 Å². The number of hydrogen-bond donors (Lipinski definition) is 0. The number of carbonyl (C=O) groups excluding carboxylic acids is 2. The van der Waals surface area contributed by atoms with Gasteiger partial charge in [0, 0.05) is 32.9 Å². The van der Waals surface area contributed by atoms with E-state index in [1.54, 1.807) is 7.11 Å². The standard InChI is InChI=1S/C32H42N4O4.Co/c1-31(2)21-32(30(38)40-31)13-6-14-36(22-32)24-11-17-35(18-12-24)29(37)26-19-28(33-27-8-5-4-7-25(26)27)34-15-9-23(10-16-34)20-39-3;/h4-5,7-8,19,23-24H,6,9-18,21-22H2,1-3H3;/p+1. The van der Waals surface area contributed by atoms with E-state index in [0.717, 1.165) is 111 Å². The van der Waals surface area contributed by atoms with Crippen molar-refractivity contribution in [3.05, 3.63) is 35.9 Å². The molecule has 1 spiro atoms. The van der Waals surface area contributed by atoms with Crippen LogP contribution in [-0.4, -0.2) is 94.1 Å². The van der Waals surface area contributed by atoms with E-state index < -0.39 is 0 Å². The Balaban J connectivity index is 1.15. The Morgan fingerprint density at radius 1 is 1.10 bits per heavy atom. The second kappa shape index (κ2) is 11.4. The Morgan fingerprint density at radius 3 is 2.51 bits per heavy atom. The van der Waals surface area contributed by atoms with E-state index in [1.165, 1.54) is 0 Å². The molecular weight excluding hydrogens is 563 g/mol. The van der Waals surface area contributed by atoms with E-state index in [1.807, 2.05) is 35.2 Å². The number of fused-ring (bicyclic) bond motifs is 1. The van der Waals surface area contributed by atoms with Crippen molar-refractivity contribution < 1.29 is 34.4 Å². The molecule has 6 rings (SSSR count). The quantitative estimate of drug-likeness (QED) is 0.376. The molecule has 1 aromatic carbocycles. The van der Waals surface area contributed by atoms with Crippen molar-refractivity contribution in [2.45, 2.75) is 70.4 Å². The predicted octanol–water partition coefficient (Wildman–Crippen LogP) is 4.16. The molecule has 1 unspecified atom stereocenters. The van der Waals surface area contributed by atoms with Crippen LogP contribution < -0.4 is 4.90 Å². The molecule has 41 heavy (non-hydrogen) atoms. The third kappa shape index (κ3) is 5.70. The van der Waals surface area contributed by atoms with Gasteiger partial charge in [0.25, 0.3) is 0 Å². The molecule has 9 heteroatoms. The average molecular weight is 607 g/mol. The number of aromatic nitrogens is 1. The first-order chi connectivity index (χ1) is 19.7. The SMILES string of the molecule is CO[C](=[Co])C1CCN(c2cc(C(=O)N3CCC(N4CCCC5(C4)CC(C)(C)OC5=[OH+])CC3)c3ccccc3n2)CC1. The predicted molar refractivity (Wildman–Crippen MR) is 158 cm³/mol. The third-order valence-electron chi connectivity index (χ3n) is 9.71. The zero-order valence-electron chi connectivity index (χ0n) is 24.5. The first kappa shape index (κ1) is 28.8. The van der Waals surface area contributed by atoms with Crippen molar-refractivity contribution in [3.8, 4) is 0 Å². The fourth-order valence-corrected chi connectivity index (χ4v) is 7.99. The van der Waals surface area contributed by atoms with Gasteiger partial charge >= 0.3 is 174 Å². The monoisotopic (exact) mass is 606 g/mol. The Morgan fingerprint density at radius 2 is 1.83 bits per heavy atom. The van der Waals surface area contributed by atoms with Gasteiger partial charge in [0.15, 0.2) is 5.60 Å². The molecule has 0 bridgehead atoms. The number of nitrogens with zero attached hydrogens (tertiary/aromatic N) is 4. The molecule has 0 aliphatic carbocycles. The number of piperidine rings is 3. The van der Waals surface area contributed by atoms with Crippen LogP contribution in [0, 0.1) is 11.3 Å². The number of methoxy groups -OCH3 is 1. The number of para-hydroxylation sites is 1. The number of rotatable bonds is 5. The van der Waals surface area contributed by atoms with E-state index in [-0.39, 0.29) is 22.9 Å². The van der Waals surface area contributed by atoms with E-state index in [0.29, 0.717) is 12.0 Å². The van der Waals surface area contributed by atoms with Gasteiger partial charge in [-0.3, -0.25) is 4.90 Å². The zero-order chi connectivity index (χ0) is 28.8. The summed E-state index contributed by atoms with van der Waals surface area (Å²) in [6, 6.07) is 10.4. The normalized spacial score (nSPS) is 26.1. The number of likely N-dealkylation sites (tertiary alicyclic amines) is 2. The van der Waals surface area contributed by atoms with Crippen molar-refractivity contribution in [1.82, 2.24) is 14.8 Å². The van der Waals surface area contributed by atoms with Gasteiger partial charge < -0.3 is 9.53 Å². The molecule has 223 valence electrons. The number of cyclic esters (lactones) is 1. The second-order valence-electron chi connectivity index (χ2n) is 13.0. The maximum atomic E-state index is 14.0. The van der Waals surface area contributed by atoms with Crippen molar-refractivity contribution >= 4 is 33.2 Å². The van der Waals surface area contributed by atoms with Crippen LogP contribution in [0.4, 0.5) is 5.82 Å². The molecule has 1 aromatic heterocycles. The van der Waals surface area contributed by atoms with Crippen LogP contribution in [0.2, 0.25) is 0 Å². The molecule has 4 aliphatic heterocycles. The van der Waals surface area contributed by atoms with Gasteiger partial charge in [-0.1, -0.05) is 0 Å². The molecular formula is C32H43CoN4O4+. The van der Waals surface area contributed by atoms with Gasteiger partial charge in [0.1, 0.15) is 5.41 Å². The van der Waals surface area contributed by atoms with Crippen LogP contribution in [0.1, 0.15) is 69.2 Å². The van der Waals surface area contributed by atoms with Gasteiger partial charge in [-0.2, -0.15) is 0 Å². The topological polar surface area (TPSA) is 79.5 Å². The van der Waals surface area contributed by atoms with Crippen LogP contribution in [-0.2, 0) is 24.8 Å². The molecule has 4 fully saturated rings. The maximum absolute atomic E-state index is 14.0. The van der Waals surface area contributed by atoms with Gasteiger partial charge in [0.05, 0.1) is 0 Å². The first-order valence-electron chi connectivity index (χ1n) is 15.2. The molecule has 2 aromatic rings. The van der Waals surface area contributed by atoms with E-state index in [9.17, 15) is 9.59 Å². The van der Waals surface area contributed by atoms with Crippen LogP contribution in [0.15, 0.2) is 30.3 Å². The number of hydrogen-bond acceptors (Lipinski definition) is 6. The average Bonchev–Trinajstić information content (AvgIpc) is 3.21. The van der Waals surface area contributed by atoms with E-state index in [2.05, 4.69) is 38.9 Å². The van der Waals surface area contributed by atoms with Gasteiger partial charge in [-0.25, -0.2) is 0 Å². The Bertz CT molecular complexity index is 1330. The number of carbonyl (C=O) groups is 1. The third-order valence-corrected chi connectivity index (χ3v) is 10.3. The summed E-state index contributed by atoms with van der Waals surface area (Å²) in [5, 5.41) is 0.913. The van der Waals surface area contributed by atoms with Crippen molar-refractivity contribution in [2.75, 3.05) is 51.3 Å². The molecule has 5 heterocycles. The summed E-state index contributed by atoms with van der Waals surface area (Å²) in [7, 11) is 1.68. The molecule has 1 amide bonds. The first-order valence-corrected chi connectivity index (χ1v) is 15.7. The summed E-state index contributed by atoms with van der Waals surface area (Å²) in [6.45, 7) is 9.19. The number of esters is 1. The molecule has 8 nitrogen and oxygen atoms in total. The summed E-state index contributed by atoms with van der Waals surface area (Å²) in [5.74, 6) is 1.53. The number of anilines is 1. The molecule has 0 radical (unpaired) electrons. The van der Waals surface area contributed by atoms with E-state index in [4.69, 9.17) is 14.5 Å². The summed E-state index contributed by atoms with van der Waals surface area (Å²) in [6.07, 6.45) is 6.68. The number of pyridine rings is 1. The molecule has 4 saturated heterocycles. The molecule has 1 N–H and O–H groups in total. The number of ether oxygens (including phenoxy) is 2. The molecule has 0 saturated carbocycles. The minimum atomic E-state index is -0.317. The Hall–Kier alpha value is -2.33. The van der Waals surface area contributed by atoms with Gasteiger partial charge in [0.2, 0.25) is 0 Å². The summed E-state index contributed by atoms with van der Waals surface area (Å²) >= 11 is 4.56. The minimum absolute atomic E-state index is 0.0929. The fourth-order valence-electron chi connectivity index (χ4n) is 7.69. The van der Waals surface area contributed by atoms with Crippen molar-refractivity contribution in [1.29, 1.82) is 0 Å². The van der Waals surface area contributed by atoms with Gasteiger partial charge in [-0.15, -0.1) is 0 Å². The second-order valence-corrected chi connectivity index (χ2v) is 13.5. The Kier molecular flexibility index (Phi) is 8.00. The van der Waals surface area contributed by atoms with Crippen LogP contribution >= 0.6 is 0 Å². The molecule has 1 atom stereocenters. The Labute approximate surface area is 250 Å². The van der Waals surface area contributed by atoms with Crippen LogP contribution in [0.3, 0.4) is 0 Å². The van der Waals surface area contributed by atoms with Crippen molar-refractivity contribution in [2.24, 2.45) is 11.3 Å². The zero-order valence-corrected chi connectivity index (χ0v) is 25.6. The number of amides is 1. The summed E-state index contributed by atoms with van der Waals surface area (Å²) in [4.78, 5) is 36.6. The molecule has 4 aliphatic rings. The van der Waals surface area contributed by atoms with Crippen LogP contribution in [0.5, 0.6) is 0 Å². The fraction of sp³-hybridized carbons (Fsp3) is 0.625. The van der Waals surface area contributed by atoms with E-state index >= 15 is 0 Å². The summed E-state index contributed by atoms with van der Waals surface area (Å²) in [5.41, 5.74) is 1.03. The number of benzene rings is 1. The summed E-state index contributed by atoms with van der Waals surface area (Å²) < 4.78 is 12.0. The van der Waals surface area contributed by atoms with Gasteiger partial charge in [-0.05, 0) is 19.4 Å². The van der Waals surface area contributed by atoms with Crippen LogP contribution in [0.25, 0.3) is 10.9 Å².